The molecule has 6 heteroatoms. The molecule has 2 aromatic rings. The number of pyridine rings is 1. The summed E-state index contributed by atoms with van der Waals surface area (Å²) in [6, 6.07) is 9.69. The minimum atomic E-state index is -0.140. The lowest BCUT2D eigenvalue weighted by molar-refractivity contribution is 0.0941. The van der Waals surface area contributed by atoms with Gasteiger partial charge in [-0.2, -0.15) is 0 Å². The van der Waals surface area contributed by atoms with E-state index in [2.05, 4.69) is 31.1 Å². The zero-order chi connectivity index (χ0) is 16.8. The summed E-state index contributed by atoms with van der Waals surface area (Å²) in [7, 11) is 5.62. The summed E-state index contributed by atoms with van der Waals surface area (Å²) in [4.78, 5) is 18.3. The number of hydrogen-bond acceptors (Lipinski definition) is 4. The largest absolute Gasteiger partial charge is 0.497 e. The highest BCUT2D eigenvalue weighted by atomic mass is 79.9. The predicted molar refractivity (Wildman–Crippen MR) is 93.7 cm³/mol. The van der Waals surface area contributed by atoms with Gasteiger partial charge in [-0.1, -0.05) is 12.1 Å². The zero-order valence-corrected chi connectivity index (χ0v) is 15.0. The second-order valence-electron chi connectivity index (χ2n) is 5.35. The number of benzene rings is 1. The monoisotopic (exact) mass is 377 g/mol. The summed E-state index contributed by atoms with van der Waals surface area (Å²) >= 11 is 3.32. The molecule has 0 aliphatic rings. The molecule has 2 rings (SSSR count). The van der Waals surface area contributed by atoms with E-state index in [4.69, 9.17) is 4.74 Å². The van der Waals surface area contributed by atoms with Crippen LogP contribution in [0.3, 0.4) is 0 Å². The van der Waals surface area contributed by atoms with Crippen molar-refractivity contribution in [3.63, 3.8) is 0 Å². The smallest absolute Gasteiger partial charge is 0.252 e. The highest BCUT2D eigenvalue weighted by Gasteiger charge is 2.16. The molecule has 1 atom stereocenters. The van der Waals surface area contributed by atoms with Gasteiger partial charge in [0.1, 0.15) is 5.75 Å². The Kier molecular flexibility index (Phi) is 6.12. The Labute approximate surface area is 144 Å². The number of carbonyl (C=O) groups excluding carboxylic acids is 1. The van der Waals surface area contributed by atoms with Gasteiger partial charge in [0.25, 0.3) is 5.91 Å². The number of carbonyl (C=O) groups is 1. The van der Waals surface area contributed by atoms with Crippen LogP contribution >= 0.6 is 15.9 Å². The molecule has 1 amide bonds. The molecule has 0 spiro atoms. The summed E-state index contributed by atoms with van der Waals surface area (Å²) in [6.07, 6.45) is 3.20. The minimum Gasteiger partial charge on any atom is -0.497 e. The lowest BCUT2D eigenvalue weighted by Crippen LogP contribution is -2.34. The van der Waals surface area contributed by atoms with Crippen molar-refractivity contribution in [1.82, 2.24) is 15.2 Å². The van der Waals surface area contributed by atoms with E-state index in [1.54, 1.807) is 25.6 Å². The molecule has 0 aliphatic heterocycles. The summed E-state index contributed by atoms with van der Waals surface area (Å²) in [5.41, 5.74) is 1.65. The summed E-state index contributed by atoms with van der Waals surface area (Å²) in [5, 5.41) is 2.96. The molecule has 0 aliphatic carbocycles. The molecule has 0 saturated carbocycles. The lowest BCUT2D eigenvalue weighted by Gasteiger charge is -2.25. The van der Waals surface area contributed by atoms with Crippen LogP contribution in [0.1, 0.15) is 22.0 Å². The average molecular weight is 378 g/mol. The Hall–Kier alpha value is -1.92. The second-order valence-corrected chi connectivity index (χ2v) is 6.27. The van der Waals surface area contributed by atoms with E-state index in [0.29, 0.717) is 12.1 Å². The van der Waals surface area contributed by atoms with Crippen molar-refractivity contribution in [2.75, 3.05) is 27.7 Å². The first-order valence-electron chi connectivity index (χ1n) is 7.20. The normalized spacial score (nSPS) is 12.0. The number of likely N-dealkylation sites (N-methyl/N-ethyl adjacent to an activating group) is 1. The Balaban J connectivity index is 2.06. The van der Waals surface area contributed by atoms with Crippen LogP contribution in [0.25, 0.3) is 0 Å². The molecular formula is C17H20BrN3O2. The standard InChI is InChI=1S/C17H20BrN3O2/c1-21(2)16(12-4-6-15(23-3)7-5-12)11-20-17(22)13-8-14(18)10-19-9-13/h4-10,16H,11H2,1-3H3,(H,20,22)/t16-/m0/s1. The Bertz CT molecular complexity index is 659. The van der Waals surface area contributed by atoms with Gasteiger partial charge in [-0.15, -0.1) is 0 Å². The highest BCUT2D eigenvalue weighted by molar-refractivity contribution is 9.10. The Morgan fingerprint density at radius 1 is 1.30 bits per heavy atom. The van der Waals surface area contributed by atoms with Gasteiger partial charge < -0.3 is 15.0 Å². The van der Waals surface area contributed by atoms with E-state index in [1.165, 1.54) is 0 Å². The van der Waals surface area contributed by atoms with Crippen LogP contribution in [0, 0.1) is 0 Å². The van der Waals surface area contributed by atoms with Gasteiger partial charge in [-0.3, -0.25) is 9.78 Å². The third kappa shape index (κ3) is 4.77. The molecular weight excluding hydrogens is 358 g/mol. The Morgan fingerprint density at radius 2 is 2.00 bits per heavy atom. The van der Waals surface area contributed by atoms with E-state index in [0.717, 1.165) is 15.8 Å². The van der Waals surface area contributed by atoms with Gasteiger partial charge in [0, 0.05) is 23.4 Å². The van der Waals surface area contributed by atoms with Crippen molar-refractivity contribution in [3.8, 4) is 5.75 Å². The van der Waals surface area contributed by atoms with E-state index in [1.807, 2.05) is 38.4 Å². The average Bonchev–Trinajstić information content (AvgIpc) is 2.55. The Morgan fingerprint density at radius 3 is 2.57 bits per heavy atom. The van der Waals surface area contributed by atoms with Crippen molar-refractivity contribution >= 4 is 21.8 Å². The summed E-state index contributed by atoms with van der Waals surface area (Å²) in [6.45, 7) is 0.505. The molecule has 0 fully saturated rings. The van der Waals surface area contributed by atoms with Gasteiger partial charge in [-0.05, 0) is 53.8 Å². The minimum absolute atomic E-state index is 0.0740. The number of aromatic nitrogens is 1. The number of rotatable bonds is 6. The van der Waals surface area contributed by atoms with Crippen LogP contribution in [0.4, 0.5) is 0 Å². The quantitative estimate of drug-likeness (QED) is 0.840. The van der Waals surface area contributed by atoms with Crippen molar-refractivity contribution in [3.05, 3.63) is 58.3 Å². The van der Waals surface area contributed by atoms with E-state index < -0.39 is 0 Å². The lowest BCUT2D eigenvalue weighted by atomic mass is 10.1. The van der Waals surface area contributed by atoms with Crippen LogP contribution < -0.4 is 10.1 Å². The maximum atomic E-state index is 12.2. The van der Waals surface area contributed by atoms with E-state index in [9.17, 15) is 4.79 Å². The maximum Gasteiger partial charge on any atom is 0.252 e. The van der Waals surface area contributed by atoms with Crippen molar-refractivity contribution in [2.45, 2.75) is 6.04 Å². The van der Waals surface area contributed by atoms with Gasteiger partial charge in [0.05, 0.1) is 18.7 Å². The summed E-state index contributed by atoms with van der Waals surface area (Å²) < 4.78 is 5.96. The first-order valence-corrected chi connectivity index (χ1v) is 7.99. The van der Waals surface area contributed by atoms with Gasteiger partial charge in [-0.25, -0.2) is 0 Å². The number of nitrogens with one attached hydrogen (secondary N) is 1. The summed E-state index contributed by atoms with van der Waals surface area (Å²) in [5.74, 6) is 0.676. The van der Waals surface area contributed by atoms with Gasteiger partial charge in [0.2, 0.25) is 0 Å². The van der Waals surface area contributed by atoms with Crippen LogP contribution in [0.15, 0.2) is 47.2 Å². The number of nitrogens with zero attached hydrogens (tertiary/aromatic N) is 2. The molecule has 1 heterocycles. The second kappa shape index (κ2) is 8.08. The number of halogens is 1. The number of methoxy groups -OCH3 is 1. The van der Waals surface area contributed by atoms with Gasteiger partial charge in [0.15, 0.2) is 0 Å². The fourth-order valence-corrected chi connectivity index (χ4v) is 2.62. The van der Waals surface area contributed by atoms with Gasteiger partial charge >= 0.3 is 0 Å². The molecule has 0 saturated heterocycles. The highest BCUT2D eigenvalue weighted by Crippen LogP contribution is 2.21. The molecule has 122 valence electrons. The molecule has 5 nitrogen and oxygen atoms in total. The molecule has 1 aromatic heterocycles. The molecule has 1 aromatic carbocycles. The molecule has 0 radical (unpaired) electrons. The van der Waals surface area contributed by atoms with Crippen LogP contribution in [0.5, 0.6) is 5.75 Å². The van der Waals surface area contributed by atoms with Crippen molar-refractivity contribution in [1.29, 1.82) is 0 Å². The third-order valence-electron chi connectivity index (χ3n) is 3.55. The molecule has 1 N–H and O–H groups in total. The topological polar surface area (TPSA) is 54.5 Å². The van der Waals surface area contributed by atoms with Crippen molar-refractivity contribution in [2.24, 2.45) is 0 Å². The fraction of sp³-hybridized carbons (Fsp3) is 0.294. The number of hydrogen-bond donors (Lipinski definition) is 1. The molecule has 0 bridgehead atoms. The third-order valence-corrected chi connectivity index (χ3v) is 3.98. The van der Waals surface area contributed by atoms with Crippen LogP contribution in [-0.4, -0.2) is 43.5 Å². The fourth-order valence-electron chi connectivity index (χ4n) is 2.25. The van der Waals surface area contributed by atoms with E-state index >= 15 is 0 Å². The number of amides is 1. The molecule has 0 unspecified atom stereocenters. The van der Waals surface area contributed by atoms with E-state index in [-0.39, 0.29) is 11.9 Å². The van der Waals surface area contributed by atoms with Crippen molar-refractivity contribution < 1.29 is 9.53 Å². The maximum absolute atomic E-state index is 12.2. The SMILES string of the molecule is COc1ccc([C@H](CNC(=O)c2cncc(Br)c2)N(C)C)cc1. The number of ether oxygens (including phenoxy) is 1. The predicted octanol–water partition coefficient (Wildman–Crippen LogP) is 2.89. The molecule has 23 heavy (non-hydrogen) atoms. The first-order chi connectivity index (χ1) is 11.0. The van der Waals surface area contributed by atoms with Crippen LogP contribution in [0.2, 0.25) is 0 Å². The zero-order valence-electron chi connectivity index (χ0n) is 13.4. The first kappa shape index (κ1) is 17.4. The van der Waals surface area contributed by atoms with Crippen LogP contribution in [-0.2, 0) is 0 Å².